The van der Waals surface area contributed by atoms with Gasteiger partial charge in [0.2, 0.25) is 5.91 Å². The molecule has 88 heavy (non-hydrogen) atoms. The van der Waals surface area contributed by atoms with Crippen molar-refractivity contribution < 1.29 is 93.9 Å². The first-order valence-electron chi connectivity index (χ1n) is 30.8. The van der Waals surface area contributed by atoms with Gasteiger partial charge >= 0.3 is 5.97 Å². The third-order valence-electron chi connectivity index (χ3n) is 16.2. The monoisotopic (exact) mass is 1240 g/mol. The maximum atomic E-state index is 14.1. The van der Waals surface area contributed by atoms with Crippen LogP contribution in [0.25, 0.3) is 0 Å². The number of hydrogen-bond donors (Lipinski definition) is 13. The van der Waals surface area contributed by atoms with Crippen LogP contribution >= 0.6 is 0 Å². The van der Waals surface area contributed by atoms with Gasteiger partial charge < -0.3 is 91.1 Å². The van der Waals surface area contributed by atoms with Crippen LogP contribution in [0, 0.1) is 17.8 Å². The minimum atomic E-state index is -2.29. The number of benzene rings is 1. The first kappa shape index (κ1) is 73.6. The number of morpholine rings is 1. The van der Waals surface area contributed by atoms with Crippen LogP contribution in [0.15, 0.2) is 109 Å². The molecule has 1 aromatic carbocycles. The summed E-state index contributed by atoms with van der Waals surface area (Å²) in [6, 6.07) is 5.77. The van der Waals surface area contributed by atoms with Gasteiger partial charge in [-0.2, -0.15) is 0 Å². The molecule has 3 saturated heterocycles. The van der Waals surface area contributed by atoms with Gasteiger partial charge in [-0.1, -0.05) is 98.9 Å². The molecule has 23 heteroatoms. The highest BCUT2D eigenvalue weighted by molar-refractivity contribution is 5.96. The summed E-state index contributed by atoms with van der Waals surface area (Å²) in [5.41, 5.74) is 7.47. The number of nitrogens with one attached hydrogen (secondary N) is 2. The van der Waals surface area contributed by atoms with E-state index in [2.05, 4.69) is 15.5 Å². The molecule has 0 aromatic heterocycles. The maximum absolute atomic E-state index is 14.1. The molecule has 4 aliphatic heterocycles. The summed E-state index contributed by atoms with van der Waals surface area (Å²) in [6.45, 7) is 8.41. The average molecular weight is 1240 g/mol. The Hall–Kier alpha value is -5.16. The smallest absolute Gasteiger partial charge is 0.308 e. The number of rotatable bonds is 14. The fraction of sp³-hybridized carbons (Fsp3) is 0.631. The molecule has 23 nitrogen and oxygen atoms in total. The van der Waals surface area contributed by atoms with Crippen molar-refractivity contribution in [1.29, 1.82) is 0 Å². The van der Waals surface area contributed by atoms with E-state index in [1.54, 1.807) is 117 Å². The summed E-state index contributed by atoms with van der Waals surface area (Å²) >= 11 is 0. The Morgan fingerprint density at radius 3 is 1.94 bits per heavy atom. The lowest BCUT2D eigenvalue weighted by Gasteiger charge is -2.46. The third-order valence-corrected chi connectivity index (χ3v) is 16.2. The zero-order valence-corrected chi connectivity index (χ0v) is 51.2. The van der Waals surface area contributed by atoms with Crippen molar-refractivity contribution in [3.05, 3.63) is 115 Å². The normalized spacial score (nSPS) is 34.4. The van der Waals surface area contributed by atoms with Crippen LogP contribution in [-0.2, 0) is 38.1 Å². The number of aliphatic hydroxyl groups is 10. The van der Waals surface area contributed by atoms with Crippen LogP contribution < -0.4 is 16.4 Å². The summed E-state index contributed by atoms with van der Waals surface area (Å²) in [5.74, 6) is -6.48. The number of esters is 1. The Bertz CT molecular complexity index is 2500. The van der Waals surface area contributed by atoms with Crippen molar-refractivity contribution in [3.8, 4) is 0 Å². The van der Waals surface area contributed by atoms with Gasteiger partial charge in [0, 0.05) is 88.9 Å². The Labute approximate surface area is 516 Å². The predicted molar refractivity (Wildman–Crippen MR) is 328 cm³/mol. The van der Waals surface area contributed by atoms with Gasteiger partial charge in [-0.05, 0) is 69.2 Å². The van der Waals surface area contributed by atoms with E-state index in [0.29, 0.717) is 44.8 Å². The molecule has 19 unspecified atom stereocenters. The molecule has 4 heterocycles. The number of hydrogen-bond acceptors (Lipinski definition) is 22. The Kier molecular flexibility index (Phi) is 31.7. The number of nitrogens with zero attached hydrogens (tertiary/aromatic N) is 1. The van der Waals surface area contributed by atoms with Crippen molar-refractivity contribution in [2.45, 2.75) is 195 Å². The second-order valence-electron chi connectivity index (χ2n) is 23.8. The van der Waals surface area contributed by atoms with Crippen molar-refractivity contribution in [2.24, 2.45) is 23.5 Å². The van der Waals surface area contributed by atoms with Gasteiger partial charge in [0.25, 0.3) is 0 Å². The quantitative estimate of drug-likeness (QED) is 0.0937. The highest BCUT2D eigenvalue weighted by atomic mass is 16.7. The van der Waals surface area contributed by atoms with Crippen LogP contribution in [-0.4, -0.2) is 223 Å². The molecule has 0 spiro atoms. The number of carbonyl (C=O) groups is 4. The van der Waals surface area contributed by atoms with E-state index in [4.69, 9.17) is 29.4 Å². The number of fused-ring (bicyclic) bond motifs is 2. The van der Waals surface area contributed by atoms with E-state index in [9.17, 15) is 70.2 Å². The number of allylic oxidation sites excluding steroid dienone is 12. The molecule has 3 fully saturated rings. The number of ether oxygens (including phenoxy) is 5. The molecule has 19 atom stereocenters. The van der Waals surface area contributed by atoms with Crippen LogP contribution in [0.4, 0.5) is 5.69 Å². The summed E-state index contributed by atoms with van der Waals surface area (Å²) in [4.78, 5) is 55.6. The fourth-order valence-electron chi connectivity index (χ4n) is 11.4. The molecule has 14 N–H and O–H groups in total. The van der Waals surface area contributed by atoms with Gasteiger partial charge in [-0.3, -0.25) is 24.1 Å². The summed E-state index contributed by atoms with van der Waals surface area (Å²) in [7, 11) is 1.77. The maximum Gasteiger partial charge on any atom is 0.308 e. The first-order chi connectivity index (χ1) is 41.9. The minimum Gasteiger partial charge on any atom is -0.461 e. The van der Waals surface area contributed by atoms with E-state index in [1.165, 1.54) is 0 Å². The third kappa shape index (κ3) is 25.6. The van der Waals surface area contributed by atoms with Crippen molar-refractivity contribution in [3.63, 3.8) is 0 Å². The number of amides is 1. The molecule has 2 bridgehead atoms. The Morgan fingerprint density at radius 1 is 0.739 bits per heavy atom. The highest BCUT2D eigenvalue weighted by Gasteiger charge is 2.51. The van der Waals surface area contributed by atoms with Gasteiger partial charge in [-0.25, -0.2) is 0 Å². The molecular weight excluding hydrogens is 1140 g/mol. The topological polar surface area (TPSA) is 370 Å². The number of ketones is 2. The van der Waals surface area contributed by atoms with Gasteiger partial charge in [0.1, 0.15) is 18.0 Å². The number of nitrogens with two attached hydrogens (primary N) is 1. The first-order valence-corrected chi connectivity index (χ1v) is 30.8. The SMILES string of the molecule is CNc1ccc(C(=O)CC(O)CCC(C)C2OC(=O)CC(O)CC(=O)CC(O)CC(O)CC(O)CC(O)CC3(O)CC(O)C(C(=O)NCCN4CCOCC4)C(CC(OC4OC(C)C(O)C(N)C4O)C=CC=CC=CC=CC=CC=CC=CC2C)O3)cc1. The molecule has 492 valence electrons. The highest BCUT2D eigenvalue weighted by Crippen LogP contribution is 2.38. The molecule has 1 amide bonds. The lowest BCUT2D eigenvalue weighted by Crippen LogP contribution is -2.62. The number of carbonyl (C=O) groups excluding carboxylic acids is 4. The lowest BCUT2D eigenvalue weighted by molar-refractivity contribution is -0.307. The zero-order valence-electron chi connectivity index (χ0n) is 51.2. The van der Waals surface area contributed by atoms with Crippen LogP contribution in [0.2, 0.25) is 0 Å². The molecule has 0 saturated carbocycles. The molecule has 0 radical (unpaired) electrons. The van der Waals surface area contributed by atoms with E-state index in [1.807, 2.05) is 19.9 Å². The van der Waals surface area contributed by atoms with E-state index >= 15 is 0 Å². The van der Waals surface area contributed by atoms with Gasteiger partial charge in [-0.15, -0.1) is 0 Å². The van der Waals surface area contributed by atoms with E-state index in [0.717, 1.165) is 5.69 Å². The van der Waals surface area contributed by atoms with Crippen molar-refractivity contribution in [2.75, 3.05) is 51.8 Å². The van der Waals surface area contributed by atoms with Gasteiger partial charge in [0.05, 0.1) is 98.7 Å². The van der Waals surface area contributed by atoms with Crippen LogP contribution in [0.3, 0.4) is 0 Å². The second kappa shape index (κ2) is 37.9. The number of Topliss-reactive ketones (excluding diaryl/α,β-unsaturated/α-hetero) is 2. The number of aliphatic hydroxyl groups excluding tert-OH is 9. The lowest BCUT2D eigenvalue weighted by atomic mass is 9.82. The summed E-state index contributed by atoms with van der Waals surface area (Å²) < 4.78 is 29.8. The number of cyclic esters (lactones) is 1. The molecule has 4 aliphatic rings. The van der Waals surface area contributed by atoms with E-state index in [-0.39, 0.29) is 56.3 Å². The molecule has 1 aromatic rings. The Morgan fingerprint density at radius 2 is 1.32 bits per heavy atom. The van der Waals surface area contributed by atoms with Crippen LogP contribution in [0.1, 0.15) is 108 Å². The largest absolute Gasteiger partial charge is 0.461 e. The van der Waals surface area contributed by atoms with Crippen LogP contribution in [0.5, 0.6) is 0 Å². The average Bonchev–Trinajstić information content (AvgIpc) is 0.946. The zero-order chi connectivity index (χ0) is 64.3. The second-order valence-corrected chi connectivity index (χ2v) is 23.8. The molecule has 0 aliphatic carbocycles. The summed E-state index contributed by atoms with van der Waals surface area (Å²) in [6.07, 6.45) is 3.27. The summed E-state index contributed by atoms with van der Waals surface area (Å²) in [5, 5.41) is 117. The van der Waals surface area contributed by atoms with Crippen molar-refractivity contribution >= 4 is 29.1 Å². The minimum absolute atomic E-state index is 0.103. The Balaban J connectivity index is 1.35. The van der Waals surface area contributed by atoms with Gasteiger partial charge in [0.15, 0.2) is 17.9 Å². The standard InChI is InChI=1S/C65H98N4O19/c1-41-17-15-13-11-9-7-5-6-8-10-12-14-16-18-53(86-64-61(81)59(66)60(80)43(3)85-64)38-56-58(63(82)68-25-26-69-27-29-84-30-28-69)55(78)40-65(83,88-56)39-52(76)35-50(74)33-48(72)31-47(71)32-49(73)34-51(75)37-57(79)87-62(41)42(2)19-24-46(70)36-54(77)44-20-22-45(67-4)23-21-44/h5-18,20-23,41-43,46-48,50-53,55-56,58-62,64,67,70-72,74-76,78,80-81,83H,19,24-40,66H2,1-4H3,(H,68,82). The fourth-order valence-corrected chi connectivity index (χ4v) is 11.4. The van der Waals surface area contributed by atoms with Crippen molar-refractivity contribution in [1.82, 2.24) is 10.2 Å². The predicted octanol–water partition coefficient (Wildman–Crippen LogP) is 2.11. The van der Waals surface area contributed by atoms with E-state index < -0.39 is 160 Å². The molecular formula is C65H98N4O19. The molecule has 5 rings (SSSR count). The number of anilines is 1.